The van der Waals surface area contributed by atoms with E-state index in [-0.39, 0.29) is 18.5 Å². The second kappa shape index (κ2) is 8.05. The minimum absolute atomic E-state index is 0.0122. The number of nitrogens with zero attached hydrogens (tertiary/aromatic N) is 3. The number of fused-ring (bicyclic) bond motifs is 2. The molecule has 1 amide bonds. The van der Waals surface area contributed by atoms with E-state index < -0.39 is 5.92 Å². The second-order valence-electron chi connectivity index (χ2n) is 8.29. The van der Waals surface area contributed by atoms with Crippen LogP contribution in [0.5, 0.6) is 11.5 Å². The number of rotatable bonds is 5. The molecule has 0 unspecified atom stereocenters. The monoisotopic (exact) mass is 457 g/mol. The van der Waals surface area contributed by atoms with Gasteiger partial charge in [0.05, 0.1) is 23.0 Å². The number of carbonyl (C=O) groups is 1. The zero-order valence-corrected chi connectivity index (χ0v) is 18.4. The van der Waals surface area contributed by atoms with Crippen molar-refractivity contribution in [1.29, 1.82) is 0 Å². The molecule has 2 aliphatic rings. The SMILES string of the molecule is O=C(C1c2ccccc2Oc2ccccc21)N(Cc1nnc(-c2ccccc2Cl)o1)C1CC1. The fourth-order valence-electron chi connectivity index (χ4n) is 4.32. The van der Waals surface area contributed by atoms with Crippen LogP contribution in [0.15, 0.2) is 77.2 Å². The average molecular weight is 458 g/mol. The van der Waals surface area contributed by atoms with Crippen LogP contribution in [0.25, 0.3) is 11.5 Å². The van der Waals surface area contributed by atoms with Gasteiger partial charge >= 0.3 is 0 Å². The van der Waals surface area contributed by atoms with Gasteiger partial charge in [-0.15, -0.1) is 10.2 Å². The maximum atomic E-state index is 14.0. The van der Waals surface area contributed by atoms with Crippen molar-refractivity contribution in [2.45, 2.75) is 31.3 Å². The first-order valence-corrected chi connectivity index (χ1v) is 11.3. The molecule has 7 heteroatoms. The second-order valence-corrected chi connectivity index (χ2v) is 8.70. The third kappa shape index (κ3) is 3.66. The quantitative estimate of drug-likeness (QED) is 0.377. The highest BCUT2D eigenvalue weighted by Crippen LogP contribution is 2.46. The molecule has 0 radical (unpaired) electrons. The summed E-state index contributed by atoms with van der Waals surface area (Å²) in [7, 11) is 0. The lowest BCUT2D eigenvalue weighted by Gasteiger charge is -2.31. The molecule has 2 heterocycles. The van der Waals surface area contributed by atoms with E-state index in [0.29, 0.717) is 33.9 Å². The molecule has 33 heavy (non-hydrogen) atoms. The van der Waals surface area contributed by atoms with Gasteiger partial charge < -0.3 is 14.1 Å². The van der Waals surface area contributed by atoms with E-state index in [9.17, 15) is 4.79 Å². The first-order chi connectivity index (χ1) is 16.2. The minimum atomic E-state index is -0.447. The number of hydrogen-bond donors (Lipinski definition) is 0. The highest BCUT2D eigenvalue weighted by atomic mass is 35.5. The van der Waals surface area contributed by atoms with Crippen LogP contribution in [0.3, 0.4) is 0 Å². The van der Waals surface area contributed by atoms with Crippen molar-refractivity contribution in [3.05, 3.63) is 94.8 Å². The van der Waals surface area contributed by atoms with Crippen LogP contribution in [0.2, 0.25) is 5.02 Å². The van der Waals surface area contributed by atoms with Crippen LogP contribution in [0.4, 0.5) is 0 Å². The van der Waals surface area contributed by atoms with E-state index in [0.717, 1.165) is 24.0 Å². The molecule has 0 spiro atoms. The molecular weight excluding hydrogens is 438 g/mol. The Labute approximate surface area is 195 Å². The fraction of sp³-hybridized carbons (Fsp3) is 0.192. The predicted octanol–water partition coefficient (Wildman–Crippen LogP) is 5.82. The van der Waals surface area contributed by atoms with Crippen LogP contribution in [-0.2, 0) is 11.3 Å². The van der Waals surface area contributed by atoms with E-state index in [1.54, 1.807) is 6.07 Å². The van der Waals surface area contributed by atoms with Gasteiger partial charge in [0.2, 0.25) is 17.7 Å². The maximum Gasteiger partial charge on any atom is 0.249 e. The molecule has 6 nitrogen and oxygen atoms in total. The molecule has 0 saturated heterocycles. The Morgan fingerprint density at radius 3 is 2.21 bits per heavy atom. The number of para-hydroxylation sites is 2. The first kappa shape index (κ1) is 20.0. The van der Waals surface area contributed by atoms with Crippen molar-refractivity contribution in [1.82, 2.24) is 15.1 Å². The third-order valence-electron chi connectivity index (χ3n) is 6.07. The van der Waals surface area contributed by atoms with Crippen LogP contribution >= 0.6 is 11.6 Å². The molecule has 4 aromatic rings. The number of halogens is 1. The Kier molecular flexibility index (Phi) is 4.88. The van der Waals surface area contributed by atoms with Gasteiger partial charge in [0.15, 0.2) is 0 Å². The topological polar surface area (TPSA) is 68.5 Å². The Balaban J connectivity index is 1.34. The van der Waals surface area contributed by atoms with E-state index >= 15 is 0 Å². The highest BCUT2D eigenvalue weighted by Gasteiger charge is 2.41. The van der Waals surface area contributed by atoms with Gasteiger partial charge in [0.1, 0.15) is 11.5 Å². The smallest absolute Gasteiger partial charge is 0.249 e. The first-order valence-electron chi connectivity index (χ1n) is 10.9. The number of hydrogen-bond acceptors (Lipinski definition) is 5. The van der Waals surface area contributed by atoms with Crippen LogP contribution in [0, 0.1) is 0 Å². The summed E-state index contributed by atoms with van der Waals surface area (Å²) in [6.07, 6.45) is 1.92. The Morgan fingerprint density at radius 1 is 0.909 bits per heavy atom. The van der Waals surface area contributed by atoms with E-state index in [1.807, 2.05) is 71.6 Å². The van der Waals surface area contributed by atoms with Gasteiger partial charge in [-0.3, -0.25) is 4.79 Å². The average Bonchev–Trinajstić information content (AvgIpc) is 3.58. The number of aromatic nitrogens is 2. The number of ether oxygens (including phenoxy) is 1. The summed E-state index contributed by atoms with van der Waals surface area (Å²) < 4.78 is 12.0. The van der Waals surface area contributed by atoms with E-state index in [2.05, 4.69) is 10.2 Å². The summed E-state index contributed by atoms with van der Waals surface area (Å²) in [6, 6.07) is 22.9. The summed E-state index contributed by atoms with van der Waals surface area (Å²) in [5.41, 5.74) is 2.41. The summed E-state index contributed by atoms with van der Waals surface area (Å²) in [6.45, 7) is 0.253. The summed E-state index contributed by atoms with van der Waals surface area (Å²) in [4.78, 5) is 15.9. The zero-order chi connectivity index (χ0) is 22.4. The molecule has 0 N–H and O–H groups in total. The van der Waals surface area contributed by atoms with Gasteiger partial charge in [-0.25, -0.2) is 0 Å². The largest absolute Gasteiger partial charge is 0.457 e. The highest BCUT2D eigenvalue weighted by molar-refractivity contribution is 6.33. The van der Waals surface area contributed by atoms with Crippen LogP contribution in [0.1, 0.15) is 35.8 Å². The van der Waals surface area contributed by atoms with Gasteiger partial charge in [-0.05, 0) is 37.1 Å². The minimum Gasteiger partial charge on any atom is -0.457 e. The molecule has 1 aliphatic carbocycles. The zero-order valence-electron chi connectivity index (χ0n) is 17.6. The molecule has 1 aromatic heterocycles. The predicted molar refractivity (Wildman–Crippen MR) is 123 cm³/mol. The molecule has 6 rings (SSSR count). The lowest BCUT2D eigenvalue weighted by atomic mass is 9.86. The standard InChI is InChI=1S/C26H20ClN3O3/c27-20-10-4-1-7-17(20)25-29-28-23(33-25)15-30(16-13-14-16)26(31)24-18-8-2-5-11-21(18)32-22-12-6-3-9-19(22)24/h1-12,16,24H,13-15H2. The van der Waals surface area contributed by atoms with Gasteiger partial charge in [-0.1, -0.05) is 60.1 Å². The van der Waals surface area contributed by atoms with Crippen molar-refractivity contribution >= 4 is 17.5 Å². The van der Waals surface area contributed by atoms with Crippen molar-refractivity contribution in [3.63, 3.8) is 0 Å². The van der Waals surface area contributed by atoms with E-state index in [1.165, 1.54) is 0 Å². The molecule has 164 valence electrons. The molecule has 0 bridgehead atoms. The van der Waals surface area contributed by atoms with Crippen molar-refractivity contribution in [2.24, 2.45) is 0 Å². The molecule has 0 atom stereocenters. The van der Waals surface area contributed by atoms with Gasteiger partial charge in [0, 0.05) is 17.2 Å². The Morgan fingerprint density at radius 2 is 1.55 bits per heavy atom. The Hall–Kier alpha value is -3.64. The molecule has 1 saturated carbocycles. The van der Waals surface area contributed by atoms with Crippen molar-refractivity contribution in [2.75, 3.05) is 0 Å². The fourth-order valence-corrected chi connectivity index (χ4v) is 4.54. The molecule has 1 fully saturated rings. The molecule has 3 aromatic carbocycles. The molecular formula is C26H20ClN3O3. The van der Waals surface area contributed by atoms with Crippen molar-refractivity contribution < 1.29 is 13.9 Å². The van der Waals surface area contributed by atoms with Crippen molar-refractivity contribution in [3.8, 4) is 23.0 Å². The van der Waals surface area contributed by atoms with Crippen LogP contribution in [-0.4, -0.2) is 27.0 Å². The summed E-state index contributed by atoms with van der Waals surface area (Å²) in [5.74, 6) is 1.73. The lowest BCUT2D eigenvalue weighted by molar-refractivity contribution is -0.133. The summed E-state index contributed by atoms with van der Waals surface area (Å²) >= 11 is 6.28. The number of benzene rings is 3. The van der Waals surface area contributed by atoms with Gasteiger partial charge in [0.25, 0.3) is 0 Å². The van der Waals surface area contributed by atoms with Crippen LogP contribution < -0.4 is 4.74 Å². The lowest BCUT2D eigenvalue weighted by Crippen LogP contribution is -2.37. The normalized spacial score (nSPS) is 14.8. The Bertz CT molecular complexity index is 1300. The maximum absolute atomic E-state index is 14.0. The number of carbonyl (C=O) groups excluding carboxylic acids is 1. The molecule has 1 aliphatic heterocycles. The van der Waals surface area contributed by atoms with Gasteiger partial charge in [-0.2, -0.15) is 0 Å². The van der Waals surface area contributed by atoms with E-state index in [4.69, 9.17) is 20.8 Å². The summed E-state index contributed by atoms with van der Waals surface area (Å²) in [5, 5.41) is 8.91. The third-order valence-corrected chi connectivity index (χ3v) is 6.40. The number of amides is 1.